The molecule has 0 spiro atoms. The van der Waals surface area contributed by atoms with Crippen LogP contribution < -0.4 is 0 Å². The third kappa shape index (κ3) is 5.45. The Morgan fingerprint density at radius 2 is 1.79 bits per heavy atom. The van der Waals surface area contributed by atoms with Gasteiger partial charge in [0.15, 0.2) is 0 Å². The average Bonchev–Trinajstić information content (AvgIpc) is 3.12. The van der Waals surface area contributed by atoms with Crippen LogP contribution in [-0.4, -0.2) is 65.6 Å². The lowest BCUT2D eigenvalue weighted by molar-refractivity contribution is -0.130. The van der Waals surface area contributed by atoms with E-state index in [1.807, 2.05) is 27.7 Å². The van der Waals surface area contributed by atoms with E-state index in [0.717, 1.165) is 31.6 Å². The molecule has 29 heavy (non-hydrogen) atoms. The number of carbonyl (C=O) groups excluding carboxylic acids is 1. The van der Waals surface area contributed by atoms with E-state index in [1.54, 1.807) is 20.0 Å². The fourth-order valence-corrected chi connectivity index (χ4v) is 4.69. The fraction of sp³-hybridized carbons (Fsp3) is 0.524. The van der Waals surface area contributed by atoms with Crippen molar-refractivity contribution in [2.45, 2.75) is 44.9 Å². The Kier molecular flexibility index (Phi) is 7.08. The van der Waals surface area contributed by atoms with E-state index >= 15 is 0 Å². The highest BCUT2D eigenvalue weighted by atomic mass is 32.2. The highest BCUT2D eigenvalue weighted by Crippen LogP contribution is 2.17. The van der Waals surface area contributed by atoms with Gasteiger partial charge in [0.05, 0.1) is 17.6 Å². The first-order valence-electron chi connectivity index (χ1n) is 10.2. The number of hydrogen-bond donors (Lipinski definition) is 0. The van der Waals surface area contributed by atoms with Crippen molar-refractivity contribution >= 4 is 15.7 Å². The smallest absolute Gasteiger partial charge is 0.227 e. The SMILES string of the molecule is CCS(=O)(=O)c1ncc(CN2CCN(C(C)=O)CC2)n1CCCc1ccccc1. The van der Waals surface area contributed by atoms with Gasteiger partial charge in [0.25, 0.3) is 0 Å². The summed E-state index contributed by atoms with van der Waals surface area (Å²) in [5.74, 6) is 0.145. The first-order valence-corrected chi connectivity index (χ1v) is 11.8. The van der Waals surface area contributed by atoms with Gasteiger partial charge in [0.1, 0.15) is 0 Å². The number of nitrogens with zero attached hydrogens (tertiary/aromatic N) is 4. The fourth-order valence-electron chi connectivity index (χ4n) is 3.67. The molecule has 1 amide bonds. The molecule has 7 nitrogen and oxygen atoms in total. The van der Waals surface area contributed by atoms with Gasteiger partial charge in [-0.1, -0.05) is 37.3 Å². The van der Waals surface area contributed by atoms with Gasteiger partial charge < -0.3 is 9.47 Å². The van der Waals surface area contributed by atoms with Crippen LogP contribution in [0.1, 0.15) is 31.5 Å². The van der Waals surface area contributed by atoms with E-state index in [9.17, 15) is 13.2 Å². The number of aromatic nitrogens is 2. The largest absolute Gasteiger partial charge is 0.340 e. The second-order valence-electron chi connectivity index (χ2n) is 7.46. The summed E-state index contributed by atoms with van der Waals surface area (Å²) >= 11 is 0. The van der Waals surface area contributed by atoms with E-state index in [0.29, 0.717) is 26.2 Å². The van der Waals surface area contributed by atoms with Crippen molar-refractivity contribution in [2.24, 2.45) is 0 Å². The highest BCUT2D eigenvalue weighted by molar-refractivity contribution is 7.91. The topological polar surface area (TPSA) is 75.5 Å². The van der Waals surface area contributed by atoms with Gasteiger partial charge in [0.2, 0.25) is 20.9 Å². The first-order chi connectivity index (χ1) is 13.9. The van der Waals surface area contributed by atoms with Crippen LogP contribution in [0.2, 0.25) is 0 Å². The molecule has 1 aromatic heterocycles. The summed E-state index contributed by atoms with van der Waals surface area (Å²) in [4.78, 5) is 19.9. The quantitative estimate of drug-likeness (QED) is 0.655. The second kappa shape index (κ2) is 9.54. The van der Waals surface area contributed by atoms with Crippen molar-refractivity contribution < 1.29 is 13.2 Å². The molecule has 8 heteroatoms. The van der Waals surface area contributed by atoms with Gasteiger partial charge in [-0.15, -0.1) is 0 Å². The van der Waals surface area contributed by atoms with Crippen molar-refractivity contribution in [1.82, 2.24) is 19.4 Å². The maximum absolute atomic E-state index is 12.5. The van der Waals surface area contributed by atoms with Crippen molar-refractivity contribution in [1.29, 1.82) is 0 Å². The molecule has 2 heterocycles. The van der Waals surface area contributed by atoms with Crippen molar-refractivity contribution in [3.63, 3.8) is 0 Å². The predicted octanol–water partition coefficient (Wildman–Crippen LogP) is 1.97. The maximum Gasteiger partial charge on any atom is 0.227 e. The molecule has 0 aliphatic carbocycles. The molecule has 1 aliphatic rings. The Hall–Kier alpha value is -2.19. The molecule has 3 rings (SSSR count). The number of rotatable bonds is 8. The zero-order chi connectivity index (χ0) is 20.9. The van der Waals surface area contributed by atoms with Crippen LogP contribution in [0.3, 0.4) is 0 Å². The summed E-state index contributed by atoms with van der Waals surface area (Å²) in [5, 5.41) is 0.172. The predicted molar refractivity (Wildman–Crippen MR) is 112 cm³/mol. The summed E-state index contributed by atoms with van der Waals surface area (Å²) in [6.45, 7) is 7.48. The van der Waals surface area contributed by atoms with Gasteiger partial charge in [-0.05, 0) is 18.4 Å². The summed E-state index contributed by atoms with van der Waals surface area (Å²) in [6, 6.07) is 10.2. The summed E-state index contributed by atoms with van der Waals surface area (Å²) in [7, 11) is -3.38. The second-order valence-corrected chi connectivity index (χ2v) is 9.63. The molecular weight excluding hydrogens is 388 g/mol. The van der Waals surface area contributed by atoms with Crippen LogP contribution in [0, 0.1) is 0 Å². The summed E-state index contributed by atoms with van der Waals surface area (Å²) < 4.78 is 26.9. The molecule has 0 bridgehead atoms. The Labute approximate surface area is 173 Å². The lowest BCUT2D eigenvalue weighted by atomic mass is 10.1. The Balaban J connectivity index is 1.72. The van der Waals surface area contributed by atoms with Crippen LogP contribution >= 0.6 is 0 Å². The number of piperazine rings is 1. The van der Waals surface area contributed by atoms with E-state index in [-0.39, 0.29) is 16.8 Å². The molecule has 0 atom stereocenters. The van der Waals surface area contributed by atoms with Crippen LogP contribution in [0.25, 0.3) is 0 Å². The monoisotopic (exact) mass is 418 g/mol. The van der Waals surface area contributed by atoms with Crippen molar-refractivity contribution in [2.75, 3.05) is 31.9 Å². The zero-order valence-electron chi connectivity index (χ0n) is 17.2. The van der Waals surface area contributed by atoms with Gasteiger partial charge in [0, 0.05) is 46.2 Å². The molecule has 158 valence electrons. The van der Waals surface area contributed by atoms with E-state index in [2.05, 4.69) is 22.0 Å². The first kappa shape index (κ1) is 21.5. The molecule has 0 unspecified atom stereocenters. The lowest BCUT2D eigenvalue weighted by Gasteiger charge is -2.34. The number of hydrogen-bond acceptors (Lipinski definition) is 5. The maximum atomic E-state index is 12.5. The molecular formula is C21H30N4O3S. The van der Waals surface area contributed by atoms with Crippen LogP contribution in [0.5, 0.6) is 0 Å². The van der Waals surface area contributed by atoms with Gasteiger partial charge >= 0.3 is 0 Å². The third-order valence-electron chi connectivity index (χ3n) is 5.45. The number of imidazole rings is 1. The van der Waals surface area contributed by atoms with Crippen molar-refractivity contribution in [3.8, 4) is 0 Å². The van der Waals surface area contributed by atoms with Crippen molar-refractivity contribution in [3.05, 3.63) is 47.8 Å². The number of amides is 1. The van der Waals surface area contributed by atoms with E-state index in [1.165, 1.54) is 5.56 Å². The minimum Gasteiger partial charge on any atom is -0.340 e. The molecule has 1 saturated heterocycles. The number of sulfone groups is 1. The Morgan fingerprint density at radius 3 is 2.41 bits per heavy atom. The summed E-state index contributed by atoms with van der Waals surface area (Å²) in [5.41, 5.74) is 2.16. The standard InChI is InChI=1S/C21H30N4O3S/c1-3-29(27,28)21-22-16-20(17-23-12-14-24(15-13-23)18(2)26)25(21)11-7-10-19-8-5-4-6-9-19/h4-6,8-9,16H,3,7,10-15,17H2,1-2H3. The lowest BCUT2D eigenvalue weighted by Crippen LogP contribution is -2.47. The summed E-state index contributed by atoms with van der Waals surface area (Å²) in [6.07, 6.45) is 3.43. The Bertz CT molecular complexity index is 917. The van der Waals surface area contributed by atoms with E-state index in [4.69, 9.17) is 0 Å². The molecule has 2 aromatic rings. The molecule has 1 aromatic carbocycles. The Morgan fingerprint density at radius 1 is 1.10 bits per heavy atom. The normalized spacial score (nSPS) is 15.6. The van der Waals surface area contributed by atoms with Crippen LogP contribution in [-0.2, 0) is 34.1 Å². The van der Waals surface area contributed by atoms with Crippen LogP contribution in [0.15, 0.2) is 41.7 Å². The highest BCUT2D eigenvalue weighted by Gasteiger charge is 2.24. The average molecular weight is 419 g/mol. The van der Waals surface area contributed by atoms with Crippen LogP contribution in [0.4, 0.5) is 0 Å². The van der Waals surface area contributed by atoms with Gasteiger partial charge in [-0.25, -0.2) is 13.4 Å². The number of benzene rings is 1. The van der Waals surface area contributed by atoms with Gasteiger partial charge in [-0.3, -0.25) is 9.69 Å². The number of aryl methyl sites for hydroxylation is 1. The number of carbonyl (C=O) groups is 1. The molecule has 0 saturated carbocycles. The molecule has 1 fully saturated rings. The van der Waals surface area contributed by atoms with E-state index < -0.39 is 9.84 Å². The minimum absolute atomic E-state index is 0.0411. The zero-order valence-corrected chi connectivity index (χ0v) is 18.1. The van der Waals surface area contributed by atoms with Gasteiger partial charge in [-0.2, -0.15) is 0 Å². The minimum atomic E-state index is -3.38. The third-order valence-corrected chi connectivity index (χ3v) is 7.10. The molecule has 1 aliphatic heterocycles. The molecule has 0 radical (unpaired) electrons. The molecule has 0 N–H and O–H groups in total.